The van der Waals surface area contributed by atoms with Crippen LogP contribution in [0.3, 0.4) is 0 Å². The number of nitrogen functional groups attached to an aromatic ring is 1. The van der Waals surface area contributed by atoms with Crippen molar-refractivity contribution in [1.82, 2.24) is 15.2 Å². The topological polar surface area (TPSA) is 92.3 Å². The second-order valence-corrected chi connectivity index (χ2v) is 5.04. The minimum Gasteiger partial charge on any atom is -0.384 e. The molecule has 106 valence electrons. The number of nitrogens with two attached hydrogens (primary N) is 1. The van der Waals surface area contributed by atoms with Crippen molar-refractivity contribution in [3.8, 4) is 0 Å². The minimum atomic E-state index is 0.502. The quantitative estimate of drug-likeness (QED) is 0.697. The molecule has 0 fully saturated rings. The van der Waals surface area contributed by atoms with Crippen molar-refractivity contribution in [2.45, 2.75) is 20.8 Å². The largest absolute Gasteiger partial charge is 0.384 e. The molecule has 0 aliphatic rings. The predicted octanol–water partition coefficient (Wildman–Crippen LogP) is 3.88. The maximum absolute atomic E-state index is 5.89. The van der Waals surface area contributed by atoms with Crippen LogP contribution in [0, 0.1) is 20.8 Å². The standard InChI is InChI=1S/C15H16N6/c1-8-4-6-11(7-5-8)18-19-13-9(2)12-14(16)20-21-15(12)17-10(13)3/h4-7H,1-3H3,(H3,16,17,20,21). The van der Waals surface area contributed by atoms with Crippen LogP contribution in [0.25, 0.3) is 11.0 Å². The van der Waals surface area contributed by atoms with E-state index in [9.17, 15) is 0 Å². The molecule has 0 aliphatic heterocycles. The number of pyridine rings is 1. The van der Waals surface area contributed by atoms with Gasteiger partial charge in [0.15, 0.2) is 5.65 Å². The van der Waals surface area contributed by atoms with E-state index in [1.165, 1.54) is 5.56 Å². The number of aromatic amines is 1. The van der Waals surface area contributed by atoms with E-state index in [4.69, 9.17) is 5.73 Å². The Morgan fingerprint density at radius 1 is 1.05 bits per heavy atom. The Bertz CT molecular complexity index is 829. The summed E-state index contributed by atoms with van der Waals surface area (Å²) < 4.78 is 0. The lowest BCUT2D eigenvalue weighted by Gasteiger charge is -2.04. The zero-order chi connectivity index (χ0) is 15.0. The zero-order valence-electron chi connectivity index (χ0n) is 12.2. The second kappa shape index (κ2) is 4.97. The summed E-state index contributed by atoms with van der Waals surface area (Å²) >= 11 is 0. The molecular formula is C15H16N6. The lowest BCUT2D eigenvalue weighted by molar-refractivity contribution is 1.08. The molecule has 2 heterocycles. The van der Waals surface area contributed by atoms with Gasteiger partial charge in [0.05, 0.1) is 16.8 Å². The third-order valence-corrected chi connectivity index (χ3v) is 3.42. The number of hydrogen-bond acceptors (Lipinski definition) is 5. The maximum Gasteiger partial charge on any atom is 0.183 e. The first kappa shape index (κ1) is 13.2. The Labute approximate surface area is 122 Å². The van der Waals surface area contributed by atoms with Gasteiger partial charge in [-0.15, -0.1) is 5.11 Å². The van der Waals surface area contributed by atoms with E-state index < -0.39 is 0 Å². The molecule has 2 aromatic heterocycles. The van der Waals surface area contributed by atoms with Gasteiger partial charge >= 0.3 is 0 Å². The average molecular weight is 280 g/mol. The Kier molecular flexibility index (Phi) is 3.13. The van der Waals surface area contributed by atoms with Crippen LogP contribution in [0.1, 0.15) is 16.8 Å². The highest BCUT2D eigenvalue weighted by Crippen LogP contribution is 2.32. The number of aryl methyl sites for hydroxylation is 3. The normalized spacial score (nSPS) is 11.6. The number of nitrogens with one attached hydrogen (secondary N) is 1. The van der Waals surface area contributed by atoms with Crippen LogP contribution in [0.2, 0.25) is 0 Å². The summed E-state index contributed by atoms with van der Waals surface area (Å²) in [7, 11) is 0. The molecule has 0 unspecified atom stereocenters. The van der Waals surface area contributed by atoms with Crippen molar-refractivity contribution in [3.63, 3.8) is 0 Å². The molecule has 1 aromatic carbocycles. The number of anilines is 1. The number of rotatable bonds is 2. The van der Waals surface area contributed by atoms with Crippen LogP contribution < -0.4 is 5.73 Å². The molecule has 3 N–H and O–H groups in total. The third-order valence-electron chi connectivity index (χ3n) is 3.42. The highest BCUT2D eigenvalue weighted by molar-refractivity contribution is 5.92. The zero-order valence-corrected chi connectivity index (χ0v) is 12.2. The van der Waals surface area contributed by atoms with Crippen molar-refractivity contribution in [3.05, 3.63) is 41.1 Å². The van der Waals surface area contributed by atoms with E-state index >= 15 is 0 Å². The number of azo groups is 1. The molecule has 0 atom stereocenters. The maximum atomic E-state index is 5.89. The van der Waals surface area contributed by atoms with Crippen molar-refractivity contribution < 1.29 is 0 Å². The molecule has 6 heteroatoms. The smallest absolute Gasteiger partial charge is 0.183 e. The predicted molar refractivity (Wildman–Crippen MR) is 83.1 cm³/mol. The highest BCUT2D eigenvalue weighted by Gasteiger charge is 2.13. The van der Waals surface area contributed by atoms with Gasteiger partial charge in [0, 0.05) is 0 Å². The molecule has 0 saturated carbocycles. The van der Waals surface area contributed by atoms with E-state index in [0.717, 1.165) is 28.0 Å². The summed E-state index contributed by atoms with van der Waals surface area (Å²) in [5.74, 6) is 0.502. The molecule has 3 aromatic rings. The summed E-state index contributed by atoms with van der Waals surface area (Å²) in [6.45, 7) is 5.88. The van der Waals surface area contributed by atoms with Crippen LogP contribution >= 0.6 is 0 Å². The summed E-state index contributed by atoms with van der Waals surface area (Å²) in [4.78, 5) is 4.41. The summed E-state index contributed by atoms with van der Waals surface area (Å²) in [6, 6.07) is 7.87. The summed E-state index contributed by atoms with van der Waals surface area (Å²) in [5, 5.41) is 16.2. The number of H-pyrrole nitrogens is 1. The molecular weight excluding hydrogens is 264 g/mol. The first-order chi connectivity index (χ1) is 10.1. The number of fused-ring (bicyclic) bond motifs is 1. The van der Waals surface area contributed by atoms with E-state index in [0.29, 0.717) is 11.5 Å². The van der Waals surface area contributed by atoms with Gasteiger partial charge in [-0.05, 0) is 38.5 Å². The number of aromatic nitrogens is 3. The van der Waals surface area contributed by atoms with Crippen molar-refractivity contribution in [2.24, 2.45) is 10.2 Å². The molecule has 0 spiro atoms. The lowest BCUT2D eigenvalue weighted by Crippen LogP contribution is -1.90. The fourth-order valence-corrected chi connectivity index (χ4v) is 2.26. The van der Waals surface area contributed by atoms with Crippen LogP contribution in [0.15, 0.2) is 34.5 Å². The molecule has 0 bridgehead atoms. The van der Waals surface area contributed by atoms with Crippen LogP contribution in [-0.4, -0.2) is 15.2 Å². The SMILES string of the molecule is Cc1ccc(N=Nc2c(C)nc3n[nH]c(N)c3c2C)cc1. The Balaban J connectivity index is 2.07. The Morgan fingerprint density at radius 2 is 1.76 bits per heavy atom. The van der Waals surface area contributed by atoms with E-state index in [2.05, 4.69) is 25.4 Å². The molecule has 0 radical (unpaired) electrons. The van der Waals surface area contributed by atoms with Crippen LogP contribution in [-0.2, 0) is 0 Å². The monoisotopic (exact) mass is 280 g/mol. The van der Waals surface area contributed by atoms with Crippen LogP contribution in [0.5, 0.6) is 0 Å². The van der Waals surface area contributed by atoms with Gasteiger partial charge in [-0.1, -0.05) is 17.7 Å². The van der Waals surface area contributed by atoms with E-state index in [1.807, 2.05) is 45.0 Å². The average Bonchev–Trinajstić information content (AvgIpc) is 2.82. The number of hydrogen-bond donors (Lipinski definition) is 2. The highest BCUT2D eigenvalue weighted by atomic mass is 15.2. The lowest BCUT2D eigenvalue weighted by atomic mass is 10.1. The van der Waals surface area contributed by atoms with Crippen molar-refractivity contribution in [2.75, 3.05) is 5.73 Å². The molecule has 3 rings (SSSR count). The van der Waals surface area contributed by atoms with Gasteiger partial charge in [-0.3, -0.25) is 5.10 Å². The fraction of sp³-hybridized carbons (Fsp3) is 0.200. The molecule has 6 nitrogen and oxygen atoms in total. The summed E-state index contributed by atoms with van der Waals surface area (Å²) in [6.07, 6.45) is 0. The molecule has 0 aliphatic carbocycles. The number of nitrogens with zero attached hydrogens (tertiary/aromatic N) is 4. The molecule has 0 saturated heterocycles. The van der Waals surface area contributed by atoms with Gasteiger partial charge in [0.25, 0.3) is 0 Å². The Hall–Kier alpha value is -2.76. The van der Waals surface area contributed by atoms with Gasteiger partial charge in [0.1, 0.15) is 11.5 Å². The third kappa shape index (κ3) is 2.35. The summed E-state index contributed by atoms with van der Waals surface area (Å²) in [5.41, 5.74) is 10.9. The first-order valence-electron chi connectivity index (χ1n) is 6.65. The second-order valence-electron chi connectivity index (χ2n) is 5.04. The minimum absolute atomic E-state index is 0.502. The molecule has 21 heavy (non-hydrogen) atoms. The van der Waals surface area contributed by atoms with Crippen molar-refractivity contribution in [1.29, 1.82) is 0 Å². The molecule has 0 amide bonds. The van der Waals surface area contributed by atoms with Crippen molar-refractivity contribution >= 4 is 28.2 Å². The van der Waals surface area contributed by atoms with Gasteiger partial charge in [0.2, 0.25) is 0 Å². The van der Waals surface area contributed by atoms with Gasteiger partial charge in [-0.25, -0.2) is 4.98 Å². The van der Waals surface area contributed by atoms with E-state index in [-0.39, 0.29) is 0 Å². The Morgan fingerprint density at radius 3 is 2.48 bits per heavy atom. The van der Waals surface area contributed by atoms with E-state index in [1.54, 1.807) is 0 Å². The van der Waals surface area contributed by atoms with Crippen LogP contribution in [0.4, 0.5) is 17.2 Å². The fourth-order valence-electron chi connectivity index (χ4n) is 2.26. The number of benzene rings is 1. The van der Waals surface area contributed by atoms with Gasteiger partial charge in [-0.2, -0.15) is 10.2 Å². The van der Waals surface area contributed by atoms with Gasteiger partial charge < -0.3 is 5.73 Å². The first-order valence-corrected chi connectivity index (χ1v) is 6.65.